The Labute approximate surface area is 149 Å². The van der Waals surface area contributed by atoms with Gasteiger partial charge in [0.15, 0.2) is 0 Å². The maximum atomic E-state index is 12.7. The normalized spacial score (nSPS) is 23.6. The Morgan fingerprint density at radius 1 is 1.25 bits per heavy atom. The summed E-state index contributed by atoms with van der Waals surface area (Å²) in [7, 11) is -3.30. The predicted octanol–water partition coefficient (Wildman–Crippen LogP) is 1.25. The molecule has 0 aromatic heterocycles. The number of amides is 1. The van der Waals surface area contributed by atoms with Gasteiger partial charge in [-0.25, -0.2) is 8.42 Å². The summed E-state index contributed by atoms with van der Waals surface area (Å²) in [5.74, 6) is 0.0206. The van der Waals surface area contributed by atoms with Crippen LogP contribution in [0.3, 0.4) is 0 Å². The lowest BCUT2D eigenvalue weighted by Crippen LogP contribution is -2.52. The number of hydrogen-bond donors (Lipinski definition) is 1. The highest BCUT2D eigenvalue weighted by molar-refractivity contribution is 7.92. The Balaban J connectivity index is 0.00000208. The molecule has 2 aliphatic rings. The van der Waals surface area contributed by atoms with Crippen molar-refractivity contribution in [3.8, 4) is 0 Å². The molecule has 0 aliphatic carbocycles. The second-order valence-corrected chi connectivity index (χ2v) is 8.37. The summed E-state index contributed by atoms with van der Waals surface area (Å²) < 4.78 is 25.4. The van der Waals surface area contributed by atoms with Crippen LogP contribution >= 0.6 is 12.4 Å². The van der Waals surface area contributed by atoms with Gasteiger partial charge in [0.05, 0.1) is 11.9 Å². The number of carbonyl (C=O) groups is 1. The Morgan fingerprint density at radius 3 is 2.58 bits per heavy atom. The third-order valence-electron chi connectivity index (χ3n) is 4.60. The molecule has 3 rings (SSSR count). The van der Waals surface area contributed by atoms with Crippen LogP contribution in [0.4, 0.5) is 5.69 Å². The van der Waals surface area contributed by atoms with E-state index in [0.717, 1.165) is 18.7 Å². The van der Waals surface area contributed by atoms with E-state index in [1.807, 2.05) is 24.8 Å². The van der Waals surface area contributed by atoms with Crippen molar-refractivity contribution >= 4 is 34.0 Å². The van der Waals surface area contributed by atoms with Gasteiger partial charge in [0.2, 0.25) is 10.0 Å². The molecule has 0 bridgehead atoms. The molecule has 1 aromatic rings. The summed E-state index contributed by atoms with van der Waals surface area (Å²) in [6.07, 6.45) is 1.86. The standard InChI is InChI=1S/C16H23N3O3S.ClH/c1-11-8-14-9-13(4-5-15(14)19(11)23(3,21)22)16(20)18-7-6-17-10-12(18)2;/h4-5,9,11-12,17H,6-8,10H2,1-3H3;1H/t11?,12-;/m1./s1. The van der Waals surface area contributed by atoms with Crippen molar-refractivity contribution in [2.75, 3.05) is 30.2 Å². The minimum Gasteiger partial charge on any atom is -0.333 e. The number of rotatable bonds is 2. The largest absolute Gasteiger partial charge is 0.333 e. The molecule has 0 saturated carbocycles. The van der Waals surface area contributed by atoms with Crippen molar-refractivity contribution in [1.82, 2.24) is 10.2 Å². The van der Waals surface area contributed by atoms with Gasteiger partial charge < -0.3 is 10.2 Å². The number of carbonyl (C=O) groups excluding carboxylic acids is 1. The van der Waals surface area contributed by atoms with Crippen molar-refractivity contribution in [2.45, 2.75) is 32.4 Å². The van der Waals surface area contributed by atoms with Crippen molar-refractivity contribution < 1.29 is 13.2 Å². The number of anilines is 1. The molecule has 1 saturated heterocycles. The highest BCUT2D eigenvalue weighted by Gasteiger charge is 2.33. The van der Waals surface area contributed by atoms with Crippen LogP contribution < -0.4 is 9.62 Å². The molecule has 2 atom stereocenters. The molecular weight excluding hydrogens is 350 g/mol. The summed E-state index contributed by atoms with van der Waals surface area (Å²) in [5.41, 5.74) is 2.27. The number of halogens is 1. The van der Waals surface area contributed by atoms with Crippen molar-refractivity contribution in [2.24, 2.45) is 0 Å². The Hall–Kier alpha value is -1.31. The molecule has 0 radical (unpaired) electrons. The van der Waals surface area contributed by atoms with Gasteiger partial charge in [-0.2, -0.15) is 0 Å². The Kier molecular flexibility index (Phi) is 5.47. The summed E-state index contributed by atoms with van der Waals surface area (Å²) >= 11 is 0. The molecule has 24 heavy (non-hydrogen) atoms. The van der Waals surface area contributed by atoms with E-state index in [4.69, 9.17) is 0 Å². The summed E-state index contributed by atoms with van der Waals surface area (Å²) in [5, 5.41) is 3.27. The molecule has 1 aromatic carbocycles. The van der Waals surface area contributed by atoms with E-state index in [9.17, 15) is 13.2 Å². The van der Waals surface area contributed by atoms with Crippen LogP contribution in [0.25, 0.3) is 0 Å². The first kappa shape index (κ1) is 19.0. The lowest BCUT2D eigenvalue weighted by molar-refractivity contribution is 0.0655. The third kappa shape index (κ3) is 3.38. The molecule has 1 unspecified atom stereocenters. The molecule has 1 N–H and O–H groups in total. The van der Waals surface area contributed by atoms with E-state index in [-0.39, 0.29) is 30.4 Å². The third-order valence-corrected chi connectivity index (χ3v) is 5.87. The second kappa shape index (κ2) is 6.90. The van der Waals surface area contributed by atoms with E-state index < -0.39 is 10.0 Å². The fraction of sp³-hybridized carbons (Fsp3) is 0.562. The average Bonchev–Trinajstić information content (AvgIpc) is 2.81. The smallest absolute Gasteiger partial charge is 0.254 e. The van der Waals surface area contributed by atoms with Gasteiger partial charge in [-0.05, 0) is 44.0 Å². The monoisotopic (exact) mass is 373 g/mol. The summed E-state index contributed by atoms with van der Waals surface area (Å²) in [4.78, 5) is 14.6. The molecule has 6 nitrogen and oxygen atoms in total. The molecule has 1 fully saturated rings. The van der Waals surface area contributed by atoms with Crippen molar-refractivity contribution in [3.63, 3.8) is 0 Å². The number of sulfonamides is 1. The highest BCUT2D eigenvalue weighted by Crippen LogP contribution is 2.35. The molecule has 8 heteroatoms. The number of benzene rings is 1. The Morgan fingerprint density at radius 2 is 1.96 bits per heavy atom. The SMILES string of the molecule is CC1Cc2cc(C(=O)N3CCNC[C@H]3C)ccc2N1S(C)(=O)=O.Cl. The zero-order valence-electron chi connectivity index (χ0n) is 14.2. The van der Waals surface area contributed by atoms with Gasteiger partial charge >= 0.3 is 0 Å². The summed E-state index contributed by atoms with van der Waals surface area (Å²) in [6.45, 7) is 6.23. The minimum absolute atomic E-state index is 0. The quantitative estimate of drug-likeness (QED) is 0.847. The fourth-order valence-corrected chi connectivity index (χ4v) is 4.81. The van der Waals surface area contributed by atoms with Crippen LogP contribution in [0.15, 0.2) is 18.2 Å². The van der Waals surface area contributed by atoms with E-state index in [1.54, 1.807) is 12.1 Å². The van der Waals surface area contributed by atoms with Gasteiger partial charge in [-0.3, -0.25) is 9.10 Å². The number of nitrogens with one attached hydrogen (secondary N) is 1. The average molecular weight is 374 g/mol. The maximum absolute atomic E-state index is 12.7. The first-order valence-corrected chi connectivity index (χ1v) is 9.78. The number of piperazine rings is 1. The van der Waals surface area contributed by atoms with E-state index >= 15 is 0 Å². The molecular formula is C16H24ClN3O3S. The van der Waals surface area contributed by atoms with E-state index in [1.165, 1.54) is 10.6 Å². The van der Waals surface area contributed by atoms with E-state index in [0.29, 0.717) is 24.2 Å². The van der Waals surface area contributed by atoms with Gasteiger partial charge in [-0.1, -0.05) is 0 Å². The van der Waals surface area contributed by atoms with Crippen LogP contribution in [0.5, 0.6) is 0 Å². The molecule has 1 amide bonds. The van der Waals surface area contributed by atoms with Crippen molar-refractivity contribution in [1.29, 1.82) is 0 Å². The van der Waals surface area contributed by atoms with Gasteiger partial charge in [-0.15, -0.1) is 12.4 Å². The van der Waals surface area contributed by atoms with Crippen LogP contribution in [0.1, 0.15) is 29.8 Å². The molecule has 2 aliphatic heterocycles. The van der Waals surface area contributed by atoms with Gasteiger partial charge in [0.25, 0.3) is 5.91 Å². The number of fused-ring (bicyclic) bond motifs is 1. The minimum atomic E-state index is -3.30. The topological polar surface area (TPSA) is 69.7 Å². The predicted molar refractivity (Wildman–Crippen MR) is 97.5 cm³/mol. The van der Waals surface area contributed by atoms with Gasteiger partial charge in [0.1, 0.15) is 0 Å². The zero-order chi connectivity index (χ0) is 16.8. The Bertz CT molecular complexity index is 738. The second-order valence-electron chi connectivity index (χ2n) is 6.51. The van der Waals surface area contributed by atoms with Crippen LogP contribution in [-0.4, -0.2) is 57.2 Å². The number of nitrogens with zero attached hydrogens (tertiary/aromatic N) is 2. The van der Waals surface area contributed by atoms with Crippen molar-refractivity contribution in [3.05, 3.63) is 29.3 Å². The molecule has 0 spiro atoms. The van der Waals surface area contributed by atoms with E-state index in [2.05, 4.69) is 5.32 Å². The first-order chi connectivity index (χ1) is 10.8. The van der Waals surface area contributed by atoms with Crippen LogP contribution in [0, 0.1) is 0 Å². The van der Waals surface area contributed by atoms with Gasteiger partial charge in [0, 0.05) is 37.3 Å². The lowest BCUT2D eigenvalue weighted by Gasteiger charge is -2.34. The zero-order valence-corrected chi connectivity index (χ0v) is 15.8. The van der Waals surface area contributed by atoms with Crippen LogP contribution in [-0.2, 0) is 16.4 Å². The molecule has 2 heterocycles. The lowest BCUT2D eigenvalue weighted by atomic mass is 10.0. The maximum Gasteiger partial charge on any atom is 0.254 e. The first-order valence-electron chi connectivity index (χ1n) is 7.93. The summed E-state index contributed by atoms with van der Waals surface area (Å²) in [6, 6.07) is 5.42. The highest BCUT2D eigenvalue weighted by atomic mass is 35.5. The molecule has 134 valence electrons. The number of hydrogen-bond acceptors (Lipinski definition) is 4. The van der Waals surface area contributed by atoms with Crippen LogP contribution in [0.2, 0.25) is 0 Å². The fourth-order valence-electron chi connectivity index (χ4n) is 3.55.